The van der Waals surface area contributed by atoms with Gasteiger partial charge in [0.1, 0.15) is 10.7 Å². The molecule has 0 bridgehead atoms. The Morgan fingerprint density at radius 2 is 1.78 bits per heavy atom. The zero-order valence-corrected chi connectivity index (χ0v) is 22.4. The summed E-state index contributed by atoms with van der Waals surface area (Å²) in [6.45, 7) is 6.70. The molecule has 5 aromatic rings. The number of fused-ring (bicyclic) bond motifs is 1. The van der Waals surface area contributed by atoms with E-state index in [9.17, 15) is 4.79 Å². The second-order valence-electron chi connectivity index (χ2n) is 9.04. The summed E-state index contributed by atoms with van der Waals surface area (Å²) in [4.78, 5) is 33.8. The van der Waals surface area contributed by atoms with Gasteiger partial charge >= 0.3 is 0 Å². The number of nitrogens with zero attached hydrogens (tertiary/aromatic N) is 6. The van der Waals surface area contributed by atoms with E-state index in [2.05, 4.69) is 44.3 Å². The summed E-state index contributed by atoms with van der Waals surface area (Å²) in [6.07, 6.45) is 3.58. The summed E-state index contributed by atoms with van der Waals surface area (Å²) in [6, 6.07) is 14.3. The number of benzene rings is 1. The fourth-order valence-electron chi connectivity index (χ4n) is 4.58. The highest BCUT2D eigenvalue weighted by molar-refractivity contribution is 7.23. The quantitative estimate of drug-likeness (QED) is 0.326. The lowest BCUT2D eigenvalue weighted by molar-refractivity contribution is 0.313. The van der Waals surface area contributed by atoms with Gasteiger partial charge in [-0.05, 0) is 56.4 Å². The minimum atomic E-state index is -0.0521. The van der Waals surface area contributed by atoms with Gasteiger partial charge in [-0.1, -0.05) is 0 Å². The van der Waals surface area contributed by atoms with Gasteiger partial charge in [-0.3, -0.25) is 9.36 Å². The van der Waals surface area contributed by atoms with Gasteiger partial charge in [0.15, 0.2) is 0 Å². The SMILES string of the molecule is CCn1c(=O)c(-c2ccc(-c3nccs3)s2)cc2cnc(Nc3ccc(N4CCN(C)CC4)cc3)nc21. The first-order chi connectivity index (χ1) is 18.1. The van der Waals surface area contributed by atoms with E-state index in [0.717, 1.165) is 52.0 Å². The molecule has 0 saturated carbocycles. The molecule has 10 heteroatoms. The number of piperazine rings is 1. The topological polar surface area (TPSA) is 79.2 Å². The summed E-state index contributed by atoms with van der Waals surface area (Å²) in [5.41, 5.74) is 3.36. The Bertz CT molecular complexity index is 1580. The van der Waals surface area contributed by atoms with Crippen molar-refractivity contribution in [3.8, 4) is 20.3 Å². The molecule has 0 unspecified atom stereocenters. The van der Waals surface area contributed by atoms with Crippen LogP contribution < -0.4 is 15.8 Å². The van der Waals surface area contributed by atoms with Crippen LogP contribution in [0.2, 0.25) is 0 Å². The molecule has 5 heterocycles. The van der Waals surface area contributed by atoms with Gasteiger partial charge in [0.2, 0.25) is 5.95 Å². The van der Waals surface area contributed by atoms with E-state index in [0.29, 0.717) is 23.7 Å². The Labute approximate surface area is 222 Å². The monoisotopic (exact) mass is 529 g/mol. The number of rotatable bonds is 6. The molecule has 0 amide bonds. The van der Waals surface area contributed by atoms with E-state index in [4.69, 9.17) is 4.98 Å². The molecule has 188 valence electrons. The number of aromatic nitrogens is 4. The van der Waals surface area contributed by atoms with Crippen molar-refractivity contribution in [2.24, 2.45) is 0 Å². The summed E-state index contributed by atoms with van der Waals surface area (Å²) in [5.74, 6) is 0.469. The fraction of sp³-hybridized carbons (Fsp3) is 0.259. The molecular formula is C27H27N7OS2. The van der Waals surface area contributed by atoms with Crippen LogP contribution in [0.5, 0.6) is 0 Å². The second kappa shape index (κ2) is 10.0. The number of aryl methyl sites for hydroxylation is 1. The molecule has 4 aromatic heterocycles. The lowest BCUT2D eigenvalue weighted by atomic mass is 10.2. The number of hydrogen-bond donors (Lipinski definition) is 1. The first-order valence-corrected chi connectivity index (χ1v) is 14.0. The maximum absolute atomic E-state index is 13.5. The molecule has 1 N–H and O–H groups in total. The van der Waals surface area contributed by atoms with Crippen molar-refractivity contribution in [3.05, 3.63) is 70.6 Å². The molecule has 8 nitrogen and oxygen atoms in total. The molecule has 37 heavy (non-hydrogen) atoms. The molecule has 1 fully saturated rings. The van der Waals surface area contributed by atoms with Gasteiger partial charge in [-0.2, -0.15) is 4.98 Å². The summed E-state index contributed by atoms with van der Waals surface area (Å²) in [5, 5.41) is 7.05. The molecule has 1 aliphatic heterocycles. The summed E-state index contributed by atoms with van der Waals surface area (Å²) in [7, 11) is 2.16. The van der Waals surface area contributed by atoms with Gasteiger partial charge in [0.25, 0.3) is 5.56 Å². The minimum Gasteiger partial charge on any atom is -0.369 e. The second-order valence-corrected chi connectivity index (χ2v) is 11.0. The number of thiazole rings is 1. The Kier molecular flexibility index (Phi) is 6.45. The van der Waals surface area contributed by atoms with Gasteiger partial charge in [-0.25, -0.2) is 9.97 Å². The number of thiophene rings is 1. The van der Waals surface area contributed by atoms with Gasteiger partial charge in [-0.15, -0.1) is 22.7 Å². The third kappa shape index (κ3) is 4.75. The van der Waals surface area contributed by atoms with Crippen molar-refractivity contribution in [3.63, 3.8) is 0 Å². The standard InChI is InChI=1S/C27H27N7OS2/c1-3-34-24-18(16-21(26(34)35)22-8-9-23(37-22)25-28-10-15-36-25)17-29-27(31-24)30-19-4-6-20(7-5-19)33-13-11-32(2)12-14-33/h4-10,15-17H,3,11-14H2,1-2H3,(H,29,30,31). The Morgan fingerprint density at radius 3 is 2.51 bits per heavy atom. The molecule has 1 aromatic carbocycles. The molecule has 1 saturated heterocycles. The van der Waals surface area contributed by atoms with E-state index >= 15 is 0 Å². The van der Waals surface area contributed by atoms with Gasteiger partial charge in [0, 0.05) is 72.1 Å². The van der Waals surface area contributed by atoms with Gasteiger partial charge < -0.3 is 15.1 Å². The van der Waals surface area contributed by atoms with E-state index in [-0.39, 0.29) is 5.56 Å². The minimum absolute atomic E-state index is 0.0521. The van der Waals surface area contributed by atoms with Crippen LogP contribution in [0.4, 0.5) is 17.3 Å². The maximum atomic E-state index is 13.5. The first-order valence-electron chi connectivity index (χ1n) is 12.3. The lowest BCUT2D eigenvalue weighted by Gasteiger charge is -2.34. The number of anilines is 3. The predicted molar refractivity (Wildman–Crippen MR) is 153 cm³/mol. The summed E-state index contributed by atoms with van der Waals surface area (Å²) < 4.78 is 1.72. The largest absolute Gasteiger partial charge is 0.369 e. The Balaban J connectivity index is 1.27. The van der Waals surface area contributed by atoms with Crippen molar-refractivity contribution < 1.29 is 0 Å². The molecule has 0 atom stereocenters. The van der Waals surface area contributed by atoms with Crippen LogP contribution in [-0.4, -0.2) is 57.6 Å². The predicted octanol–water partition coefficient (Wildman–Crippen LogP) is 5.16. The van der Waals surface area contributed by atoms with Crippen molar-refractivity contribution in [2.75, 3.05) is 43.4 Å². The normalized spacial score (nSPS) is 14.4. The van der Waals surface area contributed by atoms with Crippen molar-refractivity contribution in [1.82, 2.24) is 24.4 Å². The Morgan fingerprint density at radius 1 is 1.00 bits per heavy atom. The average Bonchev–Trinajstić information content (AvgIpc) is 3.62. The van der Waals surface area contributed by atoms with Crippen molar-refractivity contribution in [1.29, 1.82) is 0 Å². The van der Waals surface area contributed by atoms with Gasteiger partial charge in [0.05, 0.1) is 10.4 Å². The van der Waals surface area contributed by atoms with Crippen LogP contribution >= 0.6 is 22.7 Å². The highest BCUT2D eigenvalue weighted by Gasteiger charge is 2.16. The number of nitrogens with one attached hydrogen (secondary N) is 1. The fourth-order valence-corrected chi connectivity index (χ4v) is 6.31. The average molecular weight is 530 g/mol. The summed E-state index contributed by atoms with van der Waals surface area (Å²) >= 11 is 3.17. The molecule has 1 aliphatic rings. The van der Waals surface area contributed by atoms with Crippen LogP contribution in [0.3, 0.4) is 0 Å². The smallest absolute Gasteiger partial charge is 0.260 e. The third-order valence-electron chi connectivity index (χ3n) is 6.65. The molecule has 0 radical (unpaired) electrons. The zero-order chi connectivity index (χ0) is 25.4. The van der Waals surface area contributed by atoms with Crippen LogP contribution in [0.15, 0.2) is 65.0 Å². The highest BCUT2D eigenvalue weighted by Crippen LogP contribution is 2.35. The molecule has 0 aliphatic carbocycles. The number of likely N-dealkylation sites (N-methyl/N-ethyl adjacent to an activating group) is 1. The highest BCUT2D eigenvalue weighted by atomic mass is 32.1. The zero-order valence-electron chi connectivity index (χ0n) is 20.7. The third-order valence-corrected chi connectivity index (χ3v) is 8.71. The van der Waals surface area contributed by atoms with E-state index < -0.39 is 0 Å². The molecule has 0 spiro atoms. The van der Waals surface area contributed by atoms with Crippen LogP contribution in [0, 0.1) is 0 Å². The van der Waals surface area contributed by atoms with Crippen molar-refractivity contribution in [2.45, 2.75) is 13.5 Å². The van der Waals surface area contributed by atoms with Crippen LogP contribution in [0.25, 0.3) is 31.4 Å². The molecular weight excluding hydrogens is 502 g/mol. The van der Waals surface area contributed by atoms with Crippen molar-refractivity contribution >= 4 is 51.0 Å². The van der Waals surface area contributed by atoms with E-state index in [1.165, 1.54) is 5.69 Å². The molecule has 6 rings (SSSR count). The first kappa shape index (κ1) is 23.8. The van der Waals surface area contributed by atoms with Crippen LogP contribution in [0.1, 0.15) is 6.92 Å². The Hall–Kier alpha value is -3.60. The van der Waals surface area contributed by atoms with E-state index in [1.54, 1.807) is 39.6 Å². The lowest BCUT2D eigenvalue weighted by Crippen LogP contribution is -2.44. The maximum Gasteiger partial charge on any atom is 0.260 e. The van der Waals surface area contributed by atoms with Crippen LogP contribution in [-0.2, 0) is 6.54 Å². The number of hydrogen-bond acceptors (Lipinski definition) is 9. The van der Waals surface area contributed by atoms with E-state index in [1.807, 2.05) is 42.6 Å². The number of pyridine rings is 1.